The number of oxazole rings is 1. The van der Waals surface area contributed by atoms with Crippen LogP contribution >= 0.6 is 0 Å². The number of halogens is 3. The monoisotopic (exact) mass is 403 g/mol. The van der Waals surface area contributed by atoms with Crippen molar-refractivity contribution >= 4 is 11.6 Å². The average molecular weight is 403 g/mol. The predicted molar refractivity (Wildman–Crippen MR) is 95.0 cm³/mol. The van der Waals surface area contributed by atoms with Gasteiger partial charge in [0.05, 0.1) is 11.3 Å². The Labute approximate surface area is 159 Å². The van der Waals surface area contributed by atoms with Crippen LogP contribution in [-0.2, 0) is 6.18 Å². The number of primary amides is 1. The molecule has 29 heavy (non-hydrogen) atoms. The molecule has 3 heterocycles. The zero-order chi connectivity index (χ0) is 20.9. The molecule has 3 aromatic heterocycles. The summed E-state index contributed by atoms with van der Waals surface area (Å²) in [5.41, 5.74) is 2.59. The Morgan fingerprint density at radius 1 is 1.17 bits per heavy atom. The van der Waals surface area contributed by atoms with E-state index in [1.807, 2.05) is 0 Å². The van der Waals surface area contributed by atoms with Crippen molar-refractivity contribution in [3.05, 3.63) is 64.0 Å². The standard InChI is InChI=1S/C18H12F3N5O3/c1-8-11(16-24-10(7-29-16)14(22)27)17(28)26-15(23-8)12(9-5-3-2-4-6-9)13(25-26)18(19,20)21/h2-7,25H,1H3,(H2,22,27). The van der Waals surface area contributed by atoms with Gasteiger partial charge in [0, 0.05) is 0 Å². The van der Waals surface area contributed by atoms with Crippen molar-refractivity contribution in [2.45, 2.75) is 13.1 Å². The van der Waals surface area contributed by atoms with Crippen molar-refractivity contribution in [1.29, 1.82) is 0 Å². The van der Waals surface area contributed by atoms with E-state index in [-0.39, 0.29) is 39.6 Å². The number of nitrogens with zero attached hydrogens (tertiary/aromatic N) is 3. The SMILES string of the molecule is Cc1nc2c(-c3ccccc3)c(C(F)(F)F)[nH]n2c(=O)c1-c1nc(C(N)=O)co1. The summed E-state index contributed by atoms with van der Waals surface area (Å²) in [5.74, 6) is -1.15. The molecular weight excluding hydrogens is 391 g/mol. The number of aromatic amines is 1. The Morgan fingerprint density at radius 3 is 2.45 bits per heavy atom. The maximum atomic E-state index is 13.7. The van der Waals surface area contributed by atoms with Crippen molar-refractivity contribution in [3.63, 3.8) is 0 Å². The Kier molecular flexibility index (Phi) is 4.03. The van der Waals surface area contributed by atoms with Crippen LogP contribution in [0.3, 0.4) is 0 Å². The van der Waals surface area contributed by atoms with Crippen LogP contribution in [-0.4, -0.2) is 25.5 Å². The number of benzene rings is 1. The summed E-state index contributed by atoms with van der Waals surface area (Å²) >= 11 is 0. The number of aryl methyl sites for hydroxylation is 1. The van der Waals surface area contributed by atoms with Crippen LogP contribution in [0.5, 0.6) is 0 Å². The molecule has 0 aliphatic carbocycles. The number of amides is 1. The number of aromatic nitrogens is 4. The molecule has 11 heteroatoms. The summed E-state index contributed by atoms with van der Waals surface area (Å²) in [5, 5.41) is 2.09. The number of carbonyl (C=O) groups is 1. The van der Waals surface area contributed by atoms with Crippen molar-refractivity contribution in [3.8, 4) is 22.6 Å². The summed E-state index contributed by atoms with van der Waals surface area (Å²) in [7, 11) is 0. The average Bonchev–Trinajstić information content (AvgIpc) is 3.27. The first-order valence-corrected chi connectivity index (χ1v) is 8.22. The fourth-order valence-electron chi connectivity index (χ4n) is 3.01. The summed E-state index contributed by atoms with van der Waals surface area (Å²) < 4.78 is 46.8. The molecular formula is C18H12F3N5O3. The van der Waals surface area contributed by atoms with E-state index in [1.165, 1.54) is 19.1 Å². The summed E-state index contributed by atoms with van der Waals surface area (Å²) in [6.45, 7) is 1.43. The van der Waals surface area contributed by atoms with Gasteiger partial charge in [0.15, 0.2) is 11.3 Å². The zero-order valence-corrected chi connectivity index (χ0v) is 14.7. The van der Waals surface area contributed by atoms with Crippen LogP contribution in [0.15, 0.2) is 45.8 Å². The van der Waals surface area contributed by atoms with Crippen molar-refractivity contribution in [2.75, 3.05) is 0 Å². The third-order valence-electron chi connectivity index (χ3n) is 4.28. The highest BCUT2D eigenvalue weighted by molar-refractivity contribution is 5.91. The smallest absolute Gasteiger partial charge is 0.433 e. The van der Waals surface area contributed by atoms with E-state index < -0.39 is 23.3 Å². The Hall–Kier alpha value is -3.89. The van der Waals surface area contributed by atoms with Gasteiger partial charge in [0.1, 0.15) is 17.5 Å². The number of fused-ring (bicyclic) bond motifs is 1. The van der Waals surface area contributed by atoms with E-state index >= 15 is 0 Å². The van der Waals surface area contributed by atoms with E-state index in [0.717, 1.165) is 6.26 Å². The molecule has 3 N–H and O–H groups in total. The van der Waals surface area contributed by atoms with Gasteiger partial charge in [-0.2, -0.15) is 17.7 Å². The lowest BCUT2D eigenvalue weighted by Gasteiger charge is -2.07. The number of nitrogens with one attached hydrogen (secondary N) is 1. The maximum Gasteiger partial charge on any atom is 0.433 e. The number of hydrogen-bond donors (Lipinski definition) is 2. The molecule has 0 atom stereocenters. The summed E-state index contributed by atoms with van der Waals surface area (Å²) in [6.07, 6.45) is -3.81. The first-order valence-electron chi connectivity index (χ1n) is 8.22. The summed E-state index contributed by atoms with van der Waals surface area (Å²) in [4.78, 5) is 32.2. The molecule has 0 saturated heterocycles. The molecule has 4 rings (SSSR count). The Bertz CT molecular complexity index is 1300. The quantitative estimate of drug-likeness (QED) is 0.545. The minimum absolute atomic E-state index is 0.0813. The molecule has 1 amide bonds. The number of nitrogens with two attached hydrogens (primary N) is 1. The number of alkyl halides is 3. The van der Waals surface area contributed by atoms with Gasteiger partial charge < -0.3 is 10.2 Å². The second-order valence-electron chi connectivity index (χ2n) is 6.16. The van der Waals surface area contributed by atoms with Crippen LogP contribution in [0, 0.1) is 6.92 Å². The highest BCUT2D eigenvalue weighted by Crippen LogP contribution is 2.38. The molecule has 0 saturated carbocycles. The highest BCUT2D eigenvalue weighted by Gasteiger charge is 2.38. The van der Waals surface area contributed by atoms with Crippen LogP contribution in [0.4, 0.5) is 13.2 Å². The lowest BCUT2D eigenvalue weighted by Crippen LogP contribution is -2.20. The molecule has 8 nitrogen and oxygen atoms in total. The fraction of sp³-hybridized carbons (Fsp3) is 0.111. The molecule has 0 bridgehead atoms. The Morgan fingerprint density at radius 2 is 1.86 bits per heavy atom. The van der Waals surface area contributed by atoms with Gasteiger partial charge in [0.25, 0.3) is 11.5 Å². The molecule has 0 unspecified atom stereocenters. The maximum absolute atomic E-state index is 13.7. The van der Waals surface area contributed by atoms with Crippen LogP contribution < -0.4 is 11.3 Å². The van der Waals surface area contributed by atoms with Gasteiger partial charge in [-0.1, -0.05) is 30.3 Å². The lowest BCUT2D eigenvalue weighted by atomic mass is 10.1. The van der Waals surface area contributed by atoms with Crippen LogP contribution in [0.25, 0.3) is 28.2 Å². The fourth-order valence-corrected chi connectivity index (χ4v) is 3.01. The molecule has 0 spiro atoms. The van der Waals surface area contributed by atoms with E-state index in [9.17, 15) is 22.8 Å². The number of rotatable bonds is 3. The minimum Gasteiger partial charge on any atom is -0.443 e. The van der Waals surface area contributed by atoms with Crippen molar-refractivity contribution in [2.24, 2.45) is 5.73 Å². The third kappa shape index (κ3) is 2.96. The summed E-state index contributed by atoms with van der Waals surface area (Å²) in [6, 6.07) is 7.79. The minimum atomic E-state index is -4.76. The first-order chi connectivity index (χ1) is 13.7. The third-order valence-corrected chi connectivity index (χ3v) is 4.28. The second kappa shape index (κ2) is 6.33. The topological polar surface area (TPSA) is 119 Å². The first kappa shape index (κ1) is 18.5. The van der Waals surface area contributed by atoms with Gasteiger partial charge >= 0.3 is 6.18 Å². The number of carbonyl (C=O) groups excluding carboxylic acids is 1. The van der Waals surface area contributed by atoms with Crippen LogP contribution in [0.1, 0.15) is 21.9 Å². The predicted octanol–water partition coefficient (Wildman–Crippen LogP) is 2.77. The van der Waals surface area contributed by atoms with Gasteiger partial charge in [-0.05, 0) is 12.5 Å². The molecule has 1 aromatic carbocycles. The van der Waals surface area contributed by atoms with E-state index in [2.05, 4.69) is 15.1 Å². The van der Waals surface area contributed by atoms with Gasteiger partial charge in [-0.25, -0.2) is 9.97 Å². The molecule has 0 radical (unpaired) electrons. The molecule has 4 aromatic rings. The van der Waals surface area contributed by atoms with Crippen molar-refractivity contribution in [1.82, 2.24) is 19.6 Å². The second-order valence-corrected chi connectivity index (χ2v) is 6.16. The molecule has 148 valence electrons. The molecule has 0 aliphatic heterocycles. The number of hydrogen-bond acceptors (Lipinski definition) is 5. The van der Waals surface area contributed by atoms with E-state index in [1.54, 1.807) is 18.2 Å². The van der Waals surface area contributed by atoms with Gasteiger partial charge in [-0.3, -0.25) is 14.7 Å². The van der Waals surface area contributed by atoms with E-state index in [4.69, 9.17) is 10.2 Å². The van der Waals surface area contributed by atoms with Crippen LogP contribution in [0.2, 0.25) is 0 Å². The Balaban J connectivity index is 2.05. The lowest BCUT2D eigenvalue weighted by molar-refractivity contribution is -0.140. The largest absolute Gasteiger partial charge is 0.443 e. The van der Waals surface area contributed by atoms with Gasteiger partial charge in [-0.15, -0.1) is 0 Å². The normalized spacial score (nSPS) is 11.9. The zero-order valence-electron chi connectivity index (χ0n) is 14.7. The molecule has 0 fully saturated rings. The van der Waals surface area contributed by atoms with Crippen molar-refractivity contribution < 1.29 is 22.4 Å². The molecule has 0 aliphatic rings. The van der Waals surface area contributed by atoms with Gasteiger partial charge in [0.2, 0.25) is 5.89 Å². The number of H-pyrrole nitrogens is 1. The van der Waals surface area contributed by atoms with E-state index in [0.29, 0.717) is 4.52 Å². The highest BCUT2D eigenvalue weighted by atomic mass is 19.4.